The van der Waals surface area contributed by atoms with Crippen LogP contribution in [0.2, 0.25) is 0 Å². The molecule has 0 aromatic carbocycles. The molecule has 0 spiro atoms. The molecule has 2 aliphatic rings. The maximum absolute atomic E-state index is 11.2. The lowest BCUT2D eigenvalue weighted by Crippen LogP contribution is -2.24. The molecular formula is C29H50O2. The molecule has 0 bridgehead atoms. The van der Waals surface area contributed by atoms with Crippen LogP contribution < -0.4 is 0 Å². The van der Waals surface area contributed by atoms with E-state index in [4.69, 9.17) is 4.74 Å². The summed E-state index contributed by atoms with van der Waals surface area (Å²) in [4.78, 5) is 0. The lowest BCUT2D eigenvalue weighted by atomic mass is 9.74. The molecule has 2 rings (SSSR count). The van der Waals surface area contributed by atoms with Gasteiger partial charge < -0.3 is 9.84 Å². The van der Waals surface area contributed by atoms with Gasteiger partial charge in [0.25, 0.3) is 0 Å². The Bertz CT molecular complexity index is 708. The van der Waals surface area contributed by atoms with Crippen LogP contribution in [0, 0.1) is 29.1 Å². The molecule has 178 valence electrons. The molecule has 0 unspecified atom stereocenters. The third-order valence-electron chi connectivity index (χ3n) is 8.29. The predicted molar refractivity (Wildman–Crippen MR) is 134 cm³/mol. The summed E-state index contributed by atoms with van der Waals surface area (Å²) in [5, 5.41) is 11.2. The van der Waals surface area contributed by atoms with Crippen molar-refractivity contribution in [3.05, 3.63) is 34.0 Å². The summed E-state index contributed by atoms with van der Waals surface area (Å²) in [5.41, 5.74) is 3.22. The highest BCUT2D eigenvalue weighted by Gasteiger charge is 2.48. The van der Waals surface area contributed by atoms with Crippen LogP contribution in [-0.2, 0) is 4.74 Å². The Morgan fingerprint density at radius 2 is 1.35 bits per heavy atom. The highest BCUT2D eigenvalue weighted by atomic mass is 16.5. The minimum Gasteiger partial charge on any atom is -0.511 e. The lowest BCUT2D eigenvalue weighted by Gasteiger charge is -2.31. The van der Waals surface area contributed by atoms with Crippen LogP contribution in [-0.4, -0.2) is 5.11 Å². The first-order chi connectivity index (χ1) is 14.5. The number of rotatable bonds is 12. The first-order valence-electron chi connectivity index (χ1n) is 13.0. The first kappa shape index (κ1) is 26.1. The molecule has 1 aliphatic heterocycles. The van der Waals surface area contributed by atoms with Crippen LogP contribution in [0.15, 0.2) is 34.0 Å². The monoisotopic (exact) mass is 430 g/mol. The molecule has 0 saturated carbocycles. The Kier molecular flexibility index (Phi) is 9.34. The van der Waals surface area contributed by atoms with E-state index >= 15 is 0 Å². The molecule has 1 aliphatic carbocycles. The van der Waals surface area contributed by atoms with Gasteiger partial charge in [-0.1, -0.05) is 92.9 Å². The summed E-state index contributed by atoms with van der Waals surface area (Å²) in [6.45, 7) is 20.2. The second-order valence-electron chi connectivity index (χ2n) is 11.5. The zero-order valence-electron chi connectivity index (χ0n) is 22.0. The van der Waals surface area contributed by atoms with Gasteiger partial charge in [0.15, 0.2) is 0 Å². The van der Waals surface area contributed by atoms with E-state index in [1.807, 2.05) is 13.8 Å². The number of ether oxygens (including phenoxy) is 1. The lowest BCUT2D eigenvalue weighted by molar-refractivity contribution is 0.179. The van der Waals surface area contributed by atoms with Crippen molar-refractivity contribution in [3.8, 4) is 0 Å². The fourth-order valence-corrected chi connectivity index (χ4v) is 5.68. The van der Waals surface area contributed by atoms with E-state index in [1.54, 1.807) is 0 Å². The van der Waals surface area contributed by atoms with Gasteiger partial charge in [0.1, 0.15) is 17.3 Å². The largest absolute Gasteiger partial charge is 0.511 e. The number of aliphatic hydroxyl groups excluding tert-OH is 1. The molecule has 0 radical (unpaired) electrons. The second kappa shape index (κ2) is 11.1. The third-order valence-corrected chi connectivity index (χ3v) is 8.29. The minimum absolute atomic E-state index is 0.175. The number of fused-ring (bicyclic) bond motifs is 1. The van der Waals surface area contributed by atoms with Crippen molar-refractivity contribution < 1.29 is 9.84 Å². The zero-order valence-corrected chi connectivity index (χ0v) is 22.0. The van der Waals surface area contributed by atoms with Crippen molar-refractivity contribution in [2.75, 3.05) is 0 Å². The molecule has 4 atom stereocenters. The maximum atomic E-state index is 11.2. The van der Waals surface area contributed by atoms with E-state index in [2.05, 4.69) is 48.5 Å². The van der Waals surface area contributed by atoms with E-state index < -0.39 is 0 Å². The highest BCUT2D eigenvalue weighted by molar-refractivity contribution is 5.58. The van der Waals surface area contributed by atoms with Crippen molar-refractivity contribution in [2.45, 2.75) is 120 Å². The number of aliphatic hydroxyl groups is 1. The molecule has 2 heteroatoms. The van der Waals surface area contributed by atoms with Gasteiger partial charge in [0.05, 0.1) is 0 Å². The highest BCUT2D eigenvalue weighted by Crippen LogP contribution is 2.56. The molecule has 2 nitrogen and oxygen atoms in total. The summed E-state index contributed by atoms with van der Waals surface area (Å²) in [6, 6.07) is 0. The van der Waals surface area contributed by atoms with Gasteiger partial charge in [0, 0.05) is 16.6 Å². The average molecular weight is 431 g/mol. The molecular weight excluding hydrogens is 380 g/mol. The van der Waals surface area contributed by atoms with Gasteiger partial charge in [-0.3, -0.25) is 0 Å². The zero-order chi connectivity index (χ0) is 23.3. The van der Waals surface area contributed by atoms with Gasteiger partial charge in [-0.25, -0.2) is 0 Å². The van der Waals surface area contributed by atoms with Crippen molar-refractivity contribution in [2.24, 2.45) is 29.1 Å². The van der Waals surface area contributed by atoms with Gasteiger partial charge in [0.2, 0.25) is 0 Å². The molecule has 0 aromatic rings. The van der Waals surface area contributed by atoms with Gasteiger partial charge in [-0.2, -0.15) is 0 Å². The topological polar surface area (TPSA) is 29.5 Å². The Morgan fingerprint density at radius 1 is 0.839 bits per heavy atom. The molecule has 0 fully saturated rings. The molecule has 1 N–H and O–H groups in total. The van der Waals surface area contributed by atoms with Crippen molar-refractivity contribution >= 4 is 0 Å². The van der Waals surface area contributed by atoms with E-state index in [0.717, 1.165) is 46.8 Å². The van der Waals surface area contributed by atoms with E-state index in [-0.39, 0.29) is 5.41 Å². The third kappa shape index (κ3) is 6.20. The summed E-state index contributed by atoms with van der Waals surface area (Å²) < 4.78 is 5.98. The summed E-state index contributed by atoms with van der Waals surface area (Å²) >= 11 is 0. The number of allylic oxidation sites excluding steroid dienone is 6. The van der Waals surface area contributed by atoms with Crippen LogP contribution in [0.25, 0.3) is 0 Å². The van der Waals surface area contributed by atoms with Crippen LogP contribution in [0.5, 0.6) is 0 Å². The van der Waals surface area contributed by atoms with Crippen LogP contribution in [0.1, 0.15) is 120 Å². The van der Waals surface area contributed by atoms with Gasteiger partial charge in [-0.05, 0) is 56.4 Å². The summed E-state index contributed by atoms with van der Waals surface area (Å²) in [7, 11) is 0. The van der Waals surface area contributed by atoms with Crippen molar-refractivity contribution in [3.63, 3.8) is 0 Å². The average Bonchev–Trinajstić information content (AvgIpc) is 2.88. The number of hydrogen-bond acceptors (Lipinski definition) is 2. The van der Waals surface area contributed by atoms with Crippen LogP contribution in [0.3, 0.4) is 0 Å². The Balaban J connectivity index is 1.81. The van der Waals surface area contributed by atoms with Crippen LogP contribution >= 0.6 is 0 Å². The summed E-state index contributed by atoms with van der Waals surface area (Å²) in [6.07, 6.45) is 11.7. The quantitative estimate of drug-likeness (QED) is 0.334. The Labute approximate surface area is 193 Å². The Morgan fingerprint density at radius 3 is 1.90 bits per heavy atom. The fraction of sp³-hybridized carbons (Fsp3) is 0.793. The molecule has 1 heterocycles. The van der Waals surface area contributed by atoms with E-state index in [9.17, 15) is 5.11 Å². The normalized spacial score (nSPS) is 25.9. The smallest absolute Gasteiger partial charge is 0.107 e. The maximum Gasteiger partial charge on any atom is 0.107 e. The van der Waals surface area contributed by atoms with Gasteiger partial charge in [-0.15, -0.1) is 0 Å². The molecule has 0 aromatic heterocycles. The minimum atomic E-state index is -0.175. The van der Waals surface area contributed by atoms with Gasteiger partial charge >= 0.3 is 0 Å². The number of hydrogen-bond donors (Lipinski definition) is 1. The Hall–Kier alpha value is -1.18. The molecule has 0 saturated heterocycles. The first-order valence-corrected chi connectivity index (χ1v) is 13.0. The SMILES string of the molecule is CC1=C(C)C2=C(O)[C@](C)(CCC[C@H](C)CCC[C@@H](C)CCCC(C)C)[C@@H](C)C2=C(C)O1. The second-order valence-corrected chi connectivity index (χ2v) is 11.5. The van der Waals surface area contributed by atoms with Crippen molar-refractivity contribution in [1.82, 2.24) is 0 Å². The van der Waals surface area contributed by atoms with E-state index in [1.165, 1.54) is 56.9 Å². The van der Waals surface area contributed by atoms with Crippen molar-refractivity contribution in [1.29, 1.82) is 0 Å². The molecule has 0 amide bonds. The summed E-state index contributed by atoms with van der Waals surface area (Å²) in [5.74, 6) is 5.27. The molecule has 31 heavy (non-hydrogen) atoms. The van der Waals surface area contributed by atoms with E-state index in [0.29, 0.717) is 11.7 Å². The van der Waals surface area contributed by atoms with Crippen LogP contribution in [0.4, 0.5) is 0 Å². The predicted octanol–water partition coefficient (Wildman–Crippen LogP) is 9.49. The fourth-order valence-electron chi connectivity index (χ4n) is 5.68. The standard InChI is InChI=1S/C29H50O2/c1-19(2)13-10-14-20(3)15-11-16-21(4)17-12-18-29(9)23(6)27-25(8)31-24(7)22(5)26(27)28(29)30/h19-21,23,30H,10-18H2,1-9H3/t20-,21+,23-,29+/m0/s1.